The van der Waals surface area contributed by atoms with Crippen LogP contribution in [0.1, 0.15) is 95.4 Å². The molecule has 1 atom stereocenters. The molecule has 3 aromatic rings. The number of hydrogen-bond donors (Lipinski definition) is 1. The van der Waals surface area contributed by atoms with E-state index < -0.39 is 0 Å². The monoisotopic (exact) mass is 557 g/mol. The van der Waals surface area contributed by atoms with E-state index >= 15 is 0 Å². The number of urea groups is 1. The van der Waals surface area contributed by atoms with E-state index in [1.165, 1.54) is 11.1 Å². The minimum atomic E-state index is -0.0500. The maximum absolute atomic E-state index is 14.1. The highest BCUT2D eigenvalue weighted by molar-refractivity contribution is 5.91. The number of nitrogens with one attached hydrogen (secondary N) is 1. The second-order valence-electron chi connectivity index (χ2n) is 11.6. The van der Waals surface area contributed by atoms with Crippen LogP contribution in [-0.2, 0) is 13.2 Å². The molecule has 1 unspecified atom stereocenters. The van der Waals surface area contributed by atoms with Crippen LogP contribution in [0.5, 0.6) is 5.75 Å². The standard InChI is InChI=1S/C36H51N3O2/c1-8-38(9-2)23-15-16-29(7)39(36(40)37-35-33(27(3)4)21-14-22-34(35)28(5)6)25-31-19-13-20-32(24-31)41-26-30-17-11-10-12-18-30/h10-14,17-22,24,27-29H,8-9,15-16,23,25-26H2,1-7H3,(H,37,40). The third kappa shape index (κ3) is 9.64. The average molecular weight is 558 g/mol. The molecule has 0 saturated heterocycles. The summed E-state index contributed by atoms with van der Waals surface area (Å²) in [5.41, 5.74) is 5.50. The van der Waals surface area contributed by atoms with Gasteiger partial charge < -0.3 is 19.9 Å². The first-order valence-corrected chi connectivity index (χ1v) is 15.4. The number of hydrogen-bond acceptors (Lipinski definition) is 3. The number of carbonyl (C=O) groups excluding carboxylic acids is 1. The highest BCUT2D eigenvalue weighted by Gasteiger charge is 2.24. The molecule has 3 aromatic carbocycles. The molecule has 2 amide bonds. The van der Waals surface area contributed by atoms with Gasteiger partial charge in [-0.3, -0.25) is 0 Å². The highest BCUT2D eigenvalue weighted by atomic mass is 16.5. The number of rotatable bonds is 15. The molecular weight excluding hydrogens is 506 g/mol. The first-order chi connectivity index (χ1) is 19.7. The predicted octanol–water partition coefficient (Wildman–Crippen LogP) is 9.06. The number of nitrogens with zero attached hydrogens (tertiary/aromatic N) is 2. The third-order valence-corrected chi connectivity index (χ3v) is 7.89. The lowest BCUT2D eigenvalue weighted by molar-refractivity contribution is 0.180. The Kier molecular flexibility index (Phi) is 12.7. The predicted molar refractivity (Wildman–Crippen MR) is 173 cm³/mol. The zero-order valence-corrected chi connectivity index (χ0v) is 26.3. The van der Waals surface area contributed by atoms with E-state index in [4.69, 9.17) is 4.74 Å². The van der Waals surface area contributed by atoms with Gasteiger partial charge in [0, 0.05) is 18.3 Å². The first-order valence-electron chi connectivity index (χ1n) is 15.4. The van der Waals surface area contributed by atoms with E-state index in [0.29, 0.717) is 25.0 Å². The molecule has 0 spiro atoms. The van der Waals surface area contributed by atoms with Gasteiger partial charge in [-0.15, -0.1) is 0 Å². The molecule has 0 radical (unpaired) electrons. The largest absolute Gasteiger partial charge is 0.489 e. The van der Waals surface area contributed by atoms with Crippen LogP contribution in [0.25, 0.3) is 0 Å². The fourth-order valence-electron chi connectivity index (χ4n) is 5.28. The minimum absolute atomic E-state index is 0.0500. The summed E-state index contributed by atoms with van der Waals surface area (Å²) in [5.74, 6) is 1.43. The second kappa shape index (κ2) is 16.2. The van der Waals surface area contributed by atoms with Crippen molar-refractivity contribution in [2.45, 2.75) is 92.3 Å². The van der Waals surface area contributed by atoms with Crippen LogP contribution in [-0.4, -0.2) is 41.5 Å². The molecule has 5 nitrogen and oxygen atoms in total. The molecule has 5 heteroatoms. The second-order valence-corrected chi connectivity index (χ2v) is 11.6. The van der Waals surface area contributed by atoms with E-state index in [0.717, 1.165) is 55.0 Å². The van der Waals surface area contributed by atoms with Crippen molar-refractivity contribution >= 4 is 11.7 Å². The summed E-state index contributed by atoms with van der Waals surface area (Å²) in [5, 5.41) is 3.37. The van der Waals surface area contributed by atoms with Crippen molar-refractivity contribution in [3.05, 3.63) is 95.1 Å². The third-order valence-electron chi connectivity index (χ3n) is 7.89. The lowest BCUT2D eigenvalue weighted by Gasteiger charge is -2.32. The van der Waals surface area contributed by atoms with Crippen molar-refractivity contribution < 1.29 is 9.53 Å². The maximum atomic E-state index is 14.1. The van der Waals surface area contributed by atoms with Crippen molar-refractivity contribution in [2.75, 3.05) is 25.0 Å². The van der Waals surface area contributed by atoms with Gasteiger partial charge in [0.25, 0.3) is 0 Å². The van der Waals surface area contributed by atoms with E-state index in [-0.39, 0.29) is 12.1 Å². The van der Waals surface area contributed by atoms with Gasteiger partial charge in [0.15, 0.2) is 0 Å². The van der Waals surface area contributed by atoms with Gasteiger partial charge in [0.2, 0.25) is 0 Å². The van der Waals surface area contributed by atoms with Crippen molar-refractivity contribution in [1.29, 1.82) is 0 Å². The number of ether oxygens (including phenoxy) is 1. The van der Waals surface area contributed by atoms with Crippen molar-refractivity contribution in [1.82, 2.24) is 9.80 Å². The summed E-state index contributed by atoms with van der Waals surface area (Å²) in [6, 6.07) is 24.7. The fourth-order valence-corrected chi connectivity index (χ4v) is 5.28. The van der Waals surface area contributed by atoms with Crippen LogP contribution >= 0.6 is 0 Å². The Morgan fingerprint density at radius 1 is 0.805 bits per heavy atom. The van der Waals surface area contributed by atoms with Gasteiger partial charge in [0.05, 0.1) is 0 Å². The molecule has 0 aromatic heterocycles. The number of anilines is 1. The maximum Gasteiger partial charge on any atom is 0.322 e. The van der Waals surface area contributed by atoms with Gasteiger partial charge >= 0.3 is 6.03 Å². The highest BCUT2D eigenvalue weighted by Crippen LogP contribution is 2.33. The van der Waals surface area contributed by atoms with Crippen LogP contribution in [0.15, 0.2) is 72.8 Å². The lowest BCUT2D eigenvalue weighted by Crippen LogP contribution is -2.41. The molecule has 0 fully saturated rings. The van der Waals surface area contributed by atoms with Crippen LogP contribution in [0.4, 0.5) is 10.5 Å². The van der Waals surface area contributed by atoms with E-state index in [1.807, 2.05) is 35.2 Å². The topological polar surface area (TPSA) is 44.8 Å². The molecule has 41 heavy (non-hydrogen) atoms. The van der Waals surface area contributed by atoms with Crippen LogP contribution in [0.3, 0.4) is 0 Å². The average Bonchev–Trinajstić information content (AvgIpc) is 2.97. The molecule has 0 saturated carbocycles. The molecule has 0 aliphatic heterocycles. The molecular formula is C36H51N3O2. The molecule has 0 bridgehead atoms. The molecule has 0 aliphatic carbocycles. The molecule has 0 aliphatic rings. The summed E-state index contributed by atoms with van der Waals surface area (Å²) in [6.45, 7) is 19.5. The quantitative estimate of drug-likeness (QED) is 0.203. The fraction of sp³-hybridized carbons (Fsp3) is 0.472. The van der Waals surface area contributed by atoms with Crippen LogP contribution in [0.2, 0.25) is 0 Å². The molecule has 0 heterocycles. The lowest BCUT2D eigenvalue weighted by atomic mass is 9.92. The Morgan fingerprint density at radius 3 is 2.02 bits per heavy atom. The first kappa shape index (κ1) is 32.2. The Hall–Kier alpha value is -3.31. The van der Waals surface area contributed by atoms with Gasteiger partial charge in [-0.2, -0.15) is 0 Å². The number of para-hydroxylation sites is 1. The molecule has 3 rings (SSSR count). The van der Waals surface area contributed by atoms with Gasteiger partial charge in [0.1, 0.15) is 12.4 Å². The van der Waals surface area contributed by atoms with Crippen molar-refractivity contribution in [2.24, 2.45) is 0 Å². The van der Waals surface area contributed by atoms with Crippen LogP contribution < -0.4 is 10.1 Å². The number of carbonyl (C=O) groups is 1. The summed E-state index contributed by atoms with van der Waals surface area (Å²) >= 11 is 0. The Bertz CT molecular complexity index is 1180. The van der Waals surface area contributed by atoms with Crippen molar-refractivity contribution in [3.63, 3.8) is 0 Å². The van der Waals surface area contributed by atoms with E-state index in [2.05, 4.69) is 101 Å². The molecule has 1 N–H and O–H groups in total. The summed E-state index contributed by atoms with van der Waals surface area (Å²) in [6.07, 6.45) is 1.99. The zero-order valence-electron chi connectivity index (χ0n) is 26.3. The molecule has 222 valence electrons. The number of benzene rings is 3. The van der Waals surface area contributed by atoms with Crippen LogP contribution in [0, 0.1) is 0 Å². The Labute approximate surface area is 248 Å². The summed E-state index contributed by atoms with van der Waals surface area (Å²) in [7, 11) is 0. The van der Waals surface area contributed by atoms with E-state index in [9.17, 15) is 4.79 Å². The SMILES string of the molecule is CCN(CC)CCCC(C)N(Cc1cccc(OCc2ccccc2)c1)C(=O)Nc1c(C(C)C)cccc1C(C)C. The summed E-state index contributed by atoms with van der Waals surface area (Å²) < 4.78 is 6.11. The van der Waals surface area contributed by atoms with E-state index in [1.54, 1.807) is 0 Å². The van der Waals surface area contributed by atoms with Crippen molar-refractivity contribution in [3.8, 4) is 5.75 Å². The van der Waals surface area contributed by atoms with Gasteiger partial charge in [-0.05, 0) is 85.6 Å². The van der Waals surface area contributed by atoms with Gasteiger partial charge in [-0.25, -0.2) is 4.79 Å². The zero-order chi connectivity index (χ0) is 29.8. The van der Waals surface area contributed by atoms with Gasteiger partial charge in [-0.1, -0.05) is 102 Å². The Morgan fingerprint density at radius 2 is 1.41 bits per heavy atom. The normalized spacial score (nSPS) is 12.1. The Balaban J connectivity index is 1.83. The smallest absolute Gasteiger partial charge is 0.322 e. The summed E-state index contributed by atoms with van der Waals surface area (Å²) in [4.78, 5) is 18.5. The minimum Gasteiger partial charge on any atom is -0.489 e. The number of amides is 2.